The summed E-state index contributed by atoms with van der Waals surface area (Å²) in [5, 5.41) is 2.72. The summed E-state index contributed by atoms with van der Waals surface area (Å²) in [6, 6.07) is 57.2. The summed E-state index contributed by atoms with van der Waals surface area (Å²) in [6.07, 6.45) is 0. The van der Waals surface area contributed by atoms with E-state index in [9.17, 15) is 0 Å². The molecule has 3 heterocycles. The van der Waals surface area contributed by atoms with Crippen molar-refractivity contribution >= 4 is 51.0 Å². The number of benzene rings is 8. The minimum absolute atomic E-state index is 0.0418. The third-order valence-electron chi connectivity index (χ3n) is 16.7. The van der Waals surface area contributed by atoms with Gasteiger partial charge in [0.2, 0.25) is 0 Å². The number of aromatic nitrogens is 1. The van der Waals surface area contributed by atoms with Gasteiger partial charge in [-0.2, -0.15) is 0 Å². The van der Waals surface area contributed by atoms with E-state index in [0.717, 1.165) is 0 Å². The van der Waals surface area contributed by atoms with E-state index in [1.807, 2.05) is 0 Å². The Bertz CT molecular complexity index is 3620. The Balaban J connectivity index is 1.16. The summed E-state index contributed by atoms with van der Waals surface area (Å²) < 4.78 is 2.69. The van der Waals surface area contributed by atoms with Gasteiger partial charge in [0.15, 0.2) is 0 Å². The Kier molecular flexibility index (Phi) is 6.66. The van der Waals surface area contributed by atoms with Crippen molar-refractivity contribution in [3.8, 4) is 50.2 Å². The van der Waals surface area contributed by atoms with Crippen molar-refractivity contribution in [2.45, 2.75) is 84.0 Å². The highest BCUT2D eigenvalue weighted by Gasteiger charge is 2.48. The second-order valence-corrected chi connectivity index (χ2v) is 22.1. The second-order valence-electron chi connectivity index (χ2n) is 22.1. The van der Waals surface area contributed by atoms with Gasteiger partial charge in [-0.05, 0) is 131 Å². The zero-order valence-corrected chi connectivity index (χ0v) is 38.3. The van der Waals surface area contributed by atoms with Crippen molar-refractivity contribution in [3.63, 3.8) is 0 Å². The maximum absolute atomic E-state index is 2.74. The second kappa shape index (κ2) is 11.6. The lowest BCUT2D eigenvalue weighted by Crippen LogP contribution is -2.60. The van der Waals surface area contributed by atoms with Gasteiger partial charge in [-0.1, -0.05) is 172 Å². The van der Waals surface area contributed by atoms with Gasteiger partial charge >= 0.3 is 6.85 Å². The molecule has 0 unspecified atom stereocenters. The van der Waals surface area contributed by atoms with E-state index in [-0.39, 0.29) is 28.5 Å². The van der Waals surface area contributed by atoms with Crippen LogP contribution in [0.3, 0.4) is 0 Å². The molecule has 8 aromatic carbocycles. The van der Waals surface area contributed by atoms with Gasteiger partial charge in [0.05, 0.1) is 11.0 Å². The zero-order chi connectivity index (χ0) is 43.6. The first-order chi connectivity index (χ1) is 30.7. The fourth-order valence-corrected chi connectivity index (χ4v) is 13.5. The summed E-state index contributed by atoms with van der Waals surface area (Å²) in [6.45, 7) is 21.4. The van der Waals surface area contributed by atoms with E-state index in [4.69, 9.17) is 0 Å². The largest absolute Gasteiger partial charge is 0.376 e. The molecule has 0 fully saturated rings. The molecular formula is C61H51BN2. The van der Waals surface area contributed by atoms with Crippen molar-refractivity contribution < 1.29 is 0 Å². The van der Waals surface area contributed by atoms with Crippen molar-refractivity contribution in [1.82, 2.24) is 4.57 Å². The number of rotatable bonds is 1. The lowest BCUT2D eigenvalue weighted by Gasteiger charge is -2.43. The number of anilines is 2. The monoisotopic (exact) mass is 822 g/mol. The summed E-state index contributed by atoms with van der Waals surface area (Å²) in [7, 11) is 0. The molecule has 9 aromatic rings. The molecule has 5 aliphatic rings. The molecule has 0 spiro atoms. The molecule has 0 radical (unpaired) electrons. The first-order valence-electron chi connectivity index (χ1n) is 23.4. The maximum atomic E-state index is 2.74. The van der Waals surface area contributed by atoms with Crippen LogP contribution in [0.25, 0.3) is 72.0 Å². The van der Waals surface area contributed by atoms with Crippen LogP contribution in [0.5, 0.6) is 0 Å². The van der Waals surface area contributed by atoms with E-state index < -0.39 is 0 Å². The predicted octanol–water partition coefficient (Wildman–Crippen LogP) is 14.2. The number of hydrogen-bond acceptors (Lipinski definition) is 1. The third-order valence-corrected chi connectivity index (χ3v) is 16.7. The highest BCUT2D eigenvalue weighted by Crippen LogP contribution is 2.58. The van der Waals surface area contributed by atoms with Crippen molar-refractivity contribution in [3.05, 3.63) is 185 Å². The average molecular weight is 823 g/mol. The zero-order valence-electron chi connectivity index (χ0n) is 38.3. The van der Waals surface area contributed by atoms with Crippen molar-refractivity contribution in [2.75, 3.05) is 4.81 Å². The van der Waals surface area contributed by atoms with E-state index in [0.29, 0.717) is 0 Å². The first-order valence-corrected chi connectivity index (χ1v) is 23.4. The molecule has 0 saturated heterocycles. The highest BCUT2D eigenvalue weighted by molar-refractivity contribution is 6.93. The minimum Gasteiger partial charge on any atom is -0.376 e. The third kappa shape index (κ3) is 4.26. The van der Waals surface area contributed by atoms with Crippen LogP contribution in [-0.2, 0) is 21.7 Å². The molecule has 64 heavy (non-hydrogen) atoms. The molecule has 0 atom stereocenters. The van der Waals surface area contributed by atoms with Crippen molar-refractivity contribution in [1.29, 1.82) is 0 Å². The van der Waals surface area contributed by atoms with E-state index in [2.05, 4.69) is 217 Å². The number of nitrogens with zero attached hydrogens (tertiary/aromatic N) is 2. The molecule has 0 N–H and O–H groups in total. The Morgan fingerprint density at radius 3 is 1.66 bits per heavy atom. The predicted molar refractivity (Wildman–Crippen MR) is 271 cm³/mol. The molecule has 308 valence electrons. The summed E-state index contributed by atoms with van der Waals surface area (Å²) in [5.41, 5.74) is 29.6. The molecule has 2 aliphatic heterocycles. The lowest BCUT2D eigenvalue weighted by molar-refractivity contribution is 0.590. The van der Waals surface area contributed by atoms with Gasteiger partial charge in [0.25, 0.3) is 0 Å². The van der Waals surface area contributed by atoms with Gasteiger partial charge in [-0.3, -0.25) is 0 Å². The van der Waals surface area contributed by atoms with Crippen molar-refractivity contribution in [2.24, 2.45) is 0 Å². The van der Waals surface area contributed by atoms with Gasteiger partial charge in [0.1, 0.15) is 0 Å². The van der Waals surface area contributed by atoms with E-state index in [1.165, 1.54) is 133 Å². The standard InChI is InChI=1S/C61H51BN2/c1-58(2,3)34-22-24-35(25-23-34)64-52-31-41-36-16-10-13-19-44(36)60(6,7)48(41)30-43(52)38-26-27-40-55-51(29-28-47-54(55)39-18-12-15-21-46(39)59(47,4)5)63-53-32-42-37-17-11-14-20-45(37)61(8,9)49(42)33-50(53)62(64)56(38)57(40)63/h10-33H,1-9H3. The highest BCUT2D eigenvalue weighted by atomic mass is 15.1. The average Bonchev–Trinajstić information content (AvgIpc) is 3.91. The summed E-state index contributed by atoms with van der Waals surface area (Å²) in [4.78, 5) is 2.74. The summed E-state index contributed by atoms with van der Waals surface area (Å²) in [5.74, 6) is 0. The van der Waals surface area contributed by atoms with Crippen LogP contribution in [0.15, 0.2) is 146 Å². The van der Waals surface area contributed by atoms with Crippen LogP contribution in [0, 0.1) is 0 Å². The normalized spacial score (nSPS) is 16.8. The molecule has 0 bridgehead atoms. The Hall–Kier alpha value is -6.58. The molecule has 3 aliphatic carbocycles. The molecular weight excluding hydrogens is 771 g/mol. The maximum Gasteiger partial charge on any atom is 0.333 e. The number of fused-ring (bicyclic) bond motifs is 18. The molecule has 0 amide bonds. The van der Waals surface area contributed by atoms with Crippen LogP contribution >= 0.6 is 0 Å². The van der Waals surface area contributed by atoms with Crippen LogP contribution in [0.1, 0.15) is 101 Å². The quantitative estimate of drug-likeness (QED) is 0.150. The SMILES string of the molecule is CC(C)(C)c1ccc(N2B3c4cc5c(cc4-n4c6ccc7c(c6c6ccc(c3c64)-c3cc4c(cc32)-c2ccccc2C4(C)C)-c2ccccc2C7(C)C)-c2ccccc2C5(C)C)cc1. The fourth-order valence-electron chi connectivity index (χ4n) is 13.5. The minimum atomic E-state index is -0.146. The van der Waals surface area contributed by atoms with Crippen LogP contribution < -0.4 is 15.7 Å². The van der Waals surface area contributed by atoms with Gasteiger partial charge in [0, 0.05) is 49.6 Å². The Morgan fingerprint density at radius 1 is 0.453 bits per heavy atom. The van der Waals surface area contributed by atoms with Crippen LogP contribution in [-0.4, -0.2) is 11.4 Å². The van der Waals surface area contributed by atoms with E-state index in [1.54, 1.807) is 0 Å². The lowest BCUT2D eigenvalue weighted by atomic mass is 9.43. The van der Waals surface area contributed by atoms with E-state index >= 15 is 0 Å². The Labute approximate surface area is 377 Å². The molecule has 14 rings (SSSR count). The van der Waals surface area contributed by atoms with Crippen LogP contribution in [0.4, 0.5) is 11.4 Å². The smallest absolute Gasteiger partial charge is 0.333 e. The van der Waals surface area contributed by atoms with Gasteiger partial charge in [-0.15, -0.1) is 0 Å². The molecule has 2 nitrogen and oxygen atoms in total. The summed E-state index contributed by atoms with van der Waals surface area (Å²) >= 11 is 0. The van der Waals surface area contributed by atoms with Crippen LogP contribution in [0.2, 0.25) is 0 Å². The topological polar surface area (TPSA) is 8.17 Å². The molecule has 3 heteroatoms. The van der Waals surface area contributed by atoms with Gasteiger partial charge in [-0.25, -0.2) is 0 Å². The fraction of sp³-hybridized carbons (Fsp3) is 0.213. The Morgan fingerprint density at radius 2 is 1.02 bits per heavy atom. The van der Waals surface area contributed by atoms with Gasteiger partial charge < -0.3 is 9.38 Å². The number of hydrogen-bond donors (Lipinski definition) is 0. The molecule has 0 saturated carbocycles. The first kappa shape index (κ1) is 36.9. The molecule has 1 aromatic heterocycles.